The molecule has 1 aromatic carbocycles. The quantitative estimate of drug-likeness (QED) is 0.781. The summed E-state index contributed by atoms with van der Waals surface area (Å²) < 4.78 is 5.46. The zero-order valence-corrected chi connectivity index (χ0v) is 14.2. The molecule has 0 saturated carbocycles. The molecule has 1 aromatic rings. The Kier molecular flexibility index (Phi) is 7.31. The highest BCUT2D eigenvalue weighted by atomic mass is 35.5. The molecule has 0 radical (unpaired) electrons. The maximum Gasteiger partial charge on any atom is 0.0595 e. The van der Waals surface area contributed by atoms with Crippen molar-refractivity contribution in [1.82, 2.24) is 5.32 Å². The lowest BCUT2D eigenvalue weighted by Gasteiger charge is -2.27. The van der Waals surface area contributed by atoms with Crippen LogP contribution < -0.4 is 5.32 Å². The normalized spacial score (nSPS) is 17.9. The Morgan fingerprint density at radius 1 is 1.24 bits per heavy atom. The molecule has 2 rings (SSSR count). The summed E-state index contributed by atoms with van der Waals surface area (Å²) in [6, 6.07) is 6.48. The van der Waals surface area contributed by atoms with Gasteiger partial charge in [0.05, 0.1) is 10.0 Å². The van der Waals surface area contributed by atoms with Crippen LogP contribution in [0.4, 0.5) is 0 Å². The molecule has 1 saturated heterocycles. The van der Waals surface area contributed by atoms with Gasteiger partial charge in [-0.25, -0.2) is 0 Å². The SMILES string of the molecule is CCCNC(Cc1ccc(Cl)c(Cl)c1)CC1CCOCC1. The van der Waals surface area contributed by atoms with E-state index in [0.29, 0.717) is 16.1 Å². The molecule has 1 aliphatic heterocycles. The van der Waals surface area contributed by atoms with Crippen LogP contribution >= 0.6 is 23.2 Å². The second kappa shape index (κ2) is 8.99. The summed E-state index contributed by atoms with van der Waals surface area (Å²) in [7, 11) is 0. The highest BCUT2D eigenvalue weighted by Crippen LogP contribution is 2.25. The monoisotopic (exact) mass is 329 g/mol. The zero-order chi connectivity index (χ0) is 15.1. The second-order valence-electron chi connectivity index (χ2n) is 5.90. The van der Waals surface area contributed by atoms with Crippen molar-refractivity contribution in [3.8, 4) is 0 Å². The van der Waals surface area contributed by atoms with E-state index in [1.54, 1.807) is 0 Å². The van der Waals surface area contributed by atoms with E-state index in [-0.39, 0.29) is 0 Å². The highest BCUT2D eigenvalue weighted by Gasteiger charge is 2.19. The Hall–Kier alpha value is -0.280. The topological polar surface area (TPSA) is 21.3 Å². The maximum absolute atomic E-state index is 6.12. The van der Waals surface area contributed by atoms with Gasteiger partial charge in [0.25, 0.3) is 0 Å². The molecule has 0 bridgehead atoms. The van der Waals surface area contributed by atoms with Gasteiger partial charge in [-0.1, -0.05) is 36.2 Å². The van der Waals surface area contributed by atoms with Gasteiger partial charge in [-0.3, -0.25) is 0 Å². The number of rotatable bonds is 7. The molecule has 0 aliphatic carbocycles. The number of hydrogen-bond acceptors (Lipinski definition) is 2. The first-order chi connectivity index (χ1) is 10.2. The van der Waals surface area contributed by atoms with Crippen molar-refractivity contribution in [3.05, 3.63) is 33.8 Å². The third kappa shape index (κ3) is 5.78. The van der Waals surface area contributed by atoms with Crippen LogP contribution in [0.3, 0.4) is 0 Å². The summed E-state index contributed by atoms with van der Waals surface area (Å²) in [6.45, 7) is 5.10. The Bertz CT molecular complexity index is 433. The highest BCUT2D eigenvalue weighted by molar-refractivity contribution is 6.42. The van der Waals surface area contributed by atoms with Crippen molar-refractivity contribution >= 4 is 23.2 Å². The van der Waals surface area contributed by atoms with Gasteiger partial charge in [-0.2, -0.15) is 0 Å². The van der Waals surface area contributed by atoms with Gasteiger partial charge >= 0.3 is 0 Å². The molecule has 1 aliphatic rings. The molecule has 1 N–H and O–H groups in total. The molecule has 0 amide bonds. The lowest BCUT2D eigenvalue weighted by atomic mass is 9.90. The fraction of sp³-hybridized carbons (Fsp3) is 0.647. The van der Waals surface area contributed by atoms with Gasteiger partial charge in [0.2, 0.25) is 0 Å². The van der Waals surface area contributed by atoms with E-state index in [9.17, 15) is 0 Å². The predicted octanol–water partition coefficient (Wildman–Crippen LogP) is 4.72. The van der Waals surface area contributed by atoms with Crippen LogP contribution in [0, 0.1) is 5.92 Å². The zero-order valence-electron chi connectivity index (χ0n) is 12.7. The minimum Gasteiger partial charge on any atom is -0.381 e. The van der Waals surface area contributed by atoms with Crippen molar-refractivity contribution in [3.63, 3.8) is 0 Å². The van der Waals surface area contributed by atoms with E-state index in [4.69, 9.17) is 27.9 Å². The molecular weight excluding hydrogens is 305 g/mol. The van der Waals surface area contributed by atoms with Gasteiger partial charge in [0.15, 0.2) is 0 Å². The lowest BCUT2D eigenvalue weighted by molar-refractivity contribution is 0.0605. The summed E-state index contributed by atoms with van der Waals surface area (Å²) in [4.78, 5) is 0. The molecular formula is C17H25Cl2NO. The number of halogens is 2. The van der Waals surface area contributed by atoms with Gasteiger partial charge in [-0.05, 0) is 62.3 Å². The number of benzene rings is 1. The molecule has 1 heterocycles. The average Bonchev–Trinajstić information content (AvgIpc) is 2.49. The van der Waals surface area contributed by atoms with Crippen LogP contribution in [0.25, 0.3) is 0 Å². The second-order valence-corrected chi connectivity index (χ2v) is 6.71. The van der Waals surface area contributed by atoms with E-state index < -0.39 is 0 Å². The Morgan fingerprint density at radius 3 is 2.67 bits per heavy atom. The summed E-state index contributed by atoms with van der Waals surface area (Å²) >= 11 is 12.1. The number of ether oxygens (including phenoxy) is 1. The van der Waals surface area contributed by atoms with E-state index in [1.807, 2.05) is 12.1 Å². The van der Waals surface area contributed by atoms with Crippen LogP contribution in [0.1, 0.15) is 38.2 Å². The first-order valence-electron chi connectivity index (χ1n) is 7.94. The third-order valence-corrected chi connectivity index (χ3v) is 4.85. The summed E-state index contributed by atoms with van der Waals surface area (Å²) in [6.07, 6.45) is 5.75. The molecule has 0 spiro atoms. The van der Waals surface area contributed by atoms with Crippen molar-refractivity contribution < 1.29 is 4.74 Å². The average molecular weight is 330 g/mol. The molecule has 1 fully saturated rings. The minimum absolute atomic E-state index is 0.505. The Balaban J connectivity index is 1.95. The molecule has 118 valence electrons. The number of hydrogen-bond donors (Lipinski definition) is 1. The van der Waals surface area contributed by atoms with Crippen LogP contribution in [-0.4, -0.2) is 25.8 Å². The first kappa shape index (κ1) is 17.1. The molecule has 21 heavy (non-hydrogen) atoms. The Morgan fingerprint density at radius 2 is 2.00 bits per heavy atom. The van der Waals surface area contributed by atoms with Crippen LogP contribution in [0.15, 0.2) is 18.2 Å². The van der Waals surface area contributed by atoms with Gasteiger partial charge in [0, 0.05) is 19.3 Å². The van der Waals surface area contributed by atoms with Crippen LogP contribution in [0.5, 0.6) is 0 Å². The van der Waals surface area contributed by atoms with Crippen molar-refractivity contribution in [1.29, 1.82) is 0 Å². The Labute approximate surface area is 138 Å². The van der Waals surface area contributed by atoms with Gasteiger partial charge in [-0.15, -0.1) is 0 Å². The van der Waals surface area contributed by atoms with Crippen LogP contribution in [0.2, 0.25) is 10.0 Å². The fourth-order valence-electron chi connectivity index (χ4n) is 2.92. The first-order valence-corrected chi connectivity index (χ1v) is 8.69. The van der Waals surface area contributed by atoms with E-state index in [1.165, 1.54) is 24.8 Å². The molecule has 1 atom stereocenters. The van der Waals surface area contributed by atoms with Crippen LogP contribution in [-0.2, 0) is 11.2 Å². The number of nitrogens with one attached hydrogen (secondary N) is 1. The largest absolute Gasteiger partial charge is 0.381 e. The van der Waals surface area contributed by atoms with E-state index in [0.717, 1.165) is 38.5 Å². The summed E-state index contributed by atoms with van der Waals surface area (Å²) in [5, 5.41) is 4.96. The van der Waals surface area contributed by atoms with Gasteiger partial charge < -0.3 is 10.1 Å². The smallest absolute Gasteiger partial charge is 0.0595 e. The van der Waals surface area contributed by atoms with Crippen molar-refractivity contribution in [2.75, 3.05) is 19.8 Å². The van der Waals surface area contributed by atoms with Gasteiger partial charge in [0.1, 0.15) is 0 Å². The van der Waals surface area contributed by atoms with E-state index in [2.05, 4.69) is 18.3 Å². The lowest BCUT2D eigenvalue weighted by Crippen LogP contribution is -2.35. The molecule has 1 unspecified atom stereocenters. The van der Waals surface area contributed by atoms with Crippen molar-refractivity contribution in [2.24, 2.45) is 5.92 Å². The molecule has 0 aromatic heterocycles. The fourth-order valence-corrected chi connectivity index (χ4v) is 3.24. The van der Waals surface area contributed by atoms with Crippen molar-refractivity contribution in [2.45, 2.75) is 45.1 Å². The summed E-state index contributed by atoms with van der Waals surface area (Å²) in [5.41, 5.74) is 1.25. The third-order valence-electron chi connectivity index (χ3n) is 4.11. The van der Waals surface area contributed by atoms with E-state index >= 15 is 0 Å². The molecule has 2 nitrogen and oxygen atoms in total. The maximum atomic E-state index is 6.12. The molecule has 4 heteroatoms. The minimum atomic E-state index is 0.505. The predicted molar refractivity (Wildman–Crippen MR) is 90.4 cm³/mol. The summed E-state index contributed by atoms with van der Waals surface area (Å²) in [5.74, 6) is 0.774. The standard InChI is InChI=1S/C17H25Cl2NO/c1-2-7-20-15(10-13-5-8-21-9-6-13)11-14-3-4-16(18)17(19)12-14/h3-4,12-13,15,20H,2,5-11H2,1H3.